The van der Waals surface area contributed by atoms with Gasteiger partial charge in [0.2, 0.25) is 0 Å². The van der Waals surface area contributed by atoms with Crippen LogP contribution in [0.5, 0.6) is 0 Å². The zero-order valence-corrected chi connectivity index (χ0v) is 10.8. The summed E-state index contributed by atoms with van der Waals surface area (Å²) < 4.78 is 0. The quantitative estimate of drug-likeness (QED) is 0.341. The van der Waals surface area contributed by atoms with Crippen molar-refractivity contribution in [1.29, 1.82) is 0 Å². The molecule has 0 saturated carbocycles. The van der Waals surface area contributed by atoms with Gasteiger partial charge in [0.1, 0.15) is 0 Å². The third-order valence-electron chi connectivity index (χ3n) is 2.81. The molecule has 0 fully saturated rings. The van der Waals surface area contributed by atoms with E-state index in [9.17, 15) is 0 Å². The maximum atomic E-state index is 5.75. The summed E-state index contributed by atoms with van der Waals surface area (Å²) in [5.41, 5.74) is 0. The highest BCUT2D eigenvalue weighted by molar-refractivity contribution is 6.18. The van der Waals surface area contributed by atoms with Crippen LogP contribution in [0.2, 0.25) is 0 Å². The van der Waals surface area contributed by atoms with Crippen molar-refractivity contribution < 1.29 is 0 Å². The second-order valence-electron chi connectivity index (χ2n) is 4.52. The first-order valence-corrected chi connectivity index (χ1v) is 6.90. The predicted octanol–water partition coefficient (Wildman–Crippen LogP) is 5.39. The standard InChI is InChI=1S/C13H27Cl/c1-3-4-5-6-7-8-9-10-11-13(2)12-14/h13H,3-12H2,1-2H3/t13-/m0/s1. The van der Waals surface area contributed by atoms with Crippen molar-refractivity contribution in [2.45, 2.75) is 71.6 Å². The van der Waals surface area contributed by atoms with E-state index in [4.69, 9.17) is 11.6 Å². The highest BCUT2D eigenvalue weighted by Crippen LogP contribution is 2.13. The minimum absolute atomic E-state index is 0.719. The van der Waals surface area contributed by atoms with Crippen LogP contribution in [0.4, 0.5) is 0 Å². The van der Waals surface area contributed by atoms with Crippen LogP contribution in [0.15, 0.2) is 0 Å². The van der Waals surface area contributed by atoms with Gasteiger partial charge in [0.25, 0.3) is 0 Å². The Hall–Kier alpha value is 0.290. The van der Waals surface area contributed by atoms with E-state index in [-0.39, 0.29) is 0 Å². The van der Waals surface area contributed by atoms with Crippen molar-refractivity contribution in [2.75, 3.05) is 5.88 Å². The summed E-state index contributed by atoms with van der Waals surface area (Å²) in [6.45, 7) is 4.52. The monoisotopic (exact) mass is 218 g/mol. The van der Waals surface area contributed by atoms with Gasteiger partial charge in [-0.25, -0.2) is 0 Å². The molecule has 0 aliphatic heterocycles. The number of rotatable bonds is 10. The molecule has 0 saturated heterocycles. The fraction of sp³-hybridized carbons (Fsp3) is 1.00. The second-order valence-corrected chi connectivity index (χ2v) is 4.83. The minimum Gasteiger partial charge on any atom is -0.126 e. The first-order valence-electron chi connectivity index (χ1n) is 6.37. The molecule has 14 heavy (non-hydrogen) atoms. The van der Waals surface area contributed by atoms with Crippen molar-refractivity contribution in [3.63, 3.8) is 0 Å². The van der Waals surface area contributed by atoms with Gasteiger partial charge in [-0.2, -0.15) is 0 Å². The van der Waals surface area contributed by atoms with Crippen molar-refractivity contribution in [3.05, 3.63) is 0 Å². The summed E-state index contributed by atoms with van der Waals surface area (Å²) in [7, 11) is 0. The molecule has 0 N–H and O–H groups in total. The fourth-order valence-corrected chi connectivity index (χ4v) is 1.86. The molecular formula is C13H27Cl. The van der Waals surface area contributed by atoms with E-state index in [1.54, 1.807) is 0 Å². The molecule has 0 bridgehead atoms. The van der Waals surface area contributed by atoms with Crippen LogP contribution in [0.1, 0.15) is 71.6 Å². The van der Waals surface area contributed by atoms with Crippen molar-refractivity contribution in [3.8, 4) is 0 Å². The summed E-state index contributed by atoms with van der Waals surface area (Å²) >= 11 is 5.75. The van der Waals surface area contributed by atoms with E-state index in [0.717, 1.165) is 11.8 Å². The van der Waals surface area contributed by atoms with Crippen LogP contribution in [-0.4, -0.2) is 5.88 Å². The van der Waals surface area contributed by atoms with Crippen LogP contribution in [0.3, 0.4) is 0 Å². The lowest BCUT2D eigenvalue weighted by molar-refractivity contribution is 0.511. The molecule has 1 heteroatoms. The SMILES string of the molecule is CCCCCCCCCC[C@H](C)CCl. The van der Waals surface area contributed by atoms with E-state index in [2.05, 4.69) is 13.8 Å². The number of hydrogen-bond donors (Lipinski definition) is 0. The van der Waals surface area contributed by atoms with E-state index < -0.39 is 0 Å². The lowest BCUT2D eigenvalue weighted by Crippen LogP contribution is -1.95. The molecule has 0 aliphatic rings. The molecule has 0 amide bonds. The van der Waals surface area contributed by atoms with Crippen LogP contribution >= 0.6 is 11.6 Å². The van der Waals surface area contributed by atoms with Gasteiger partial charge in [-0.3, -0.25) is 0 Å². The third kappa shape index (κ3) is 10.4. The molecular weight excluding hydrogens is 192 g/mol. The molecule has 0 aromatic heterocycles. The van der Waals surface area contributed by atoms with E-state index in [1.165, 1.54) is 57.8 Å². The van der Waals surface area contributed by atoms with Gasteiger partial charge in [-0.1, -0.05) is 65.2 Å². The van der Waals surface area contributed by atoms with E-state index in [0.29, 0.717) is 0 Å². The number of unbranched alkanes of at least 4 members (excludes halogenated alkanes) is 7. The number of hydrogen-bond acceptors (Lipinski definition) is 0. The average Bonchev–Trinajstić information content (AvgIpc) is 2.21. The fourth-order valence-electron chi connectivity index (χ4n) is 1.70. The minimum atomic E-state index is 0.719. The van der Waals surface area contributed by atoms with Gasteiger partial charge in [0.05, 0.1) is 0 Å². The summed E-state index contributed by atoms with van der Waals surface area (Å²) in [5, 5.41) is 0. The average molecular weight is 219 g/mol. The van der Waals surface area contributed by atoms with Gasteiger partial charge in [-0.15, -0.1) is 11.6 Å². The van der Waals surface area contributed by atoms with Crippen molar-refractivity contribution >= 4 is 11.6 Å². The van der Waals surface area contributed by atoms with Crippen LogP contribution in [-0.2, 0) is 0 Å². The predicted molar refractivity (Wildman–Crippen MR) is 67.1 cm³/mol. The second kappa shape index (κ2) is 11.4. The highest BCUT2D eigenvalue weighted by atomic mass is 35.5. The maximum absolute atomic E-state index is 5.75. The van der Waals surface area contributed by atoms with Crippen molar-refractivity contribution in [2.24, 2.45) is 5.92 Å². The molecule has 0 aromatic rings. The molecule has 86 valence electrons. The smallest absolute Gasteiger partial charge is 0.0249 e. The van der Waals surface area contributed by atoms with E-state index >= 15 is 0 Å². The Morgan fingerprint density at radius 3 is 1.86 bits per heavy atom. The summed E-state index contributed by atoms with van der Waals surface area (Å²) in [5.74, 6) is 1.55. The number of halogens is 1. The molecule has 0 unspecified atom stereocenters. The van der Waals surface area contributed by atoms with Gasteiger partial charge in [0.15, 0.2) is 0 Å². The molecule has 0 aliphatic carbocycles. The first-order chi connectivity index (χ1) is 6.81. The van der Waals surface area contributed by atoms with Crippen LogP contribution in [0.25, 0.3) is 0 Å². The molecule has 0 aromatic carbocycles. The third-order valence-corrected chi connectivity index (χ3v) is 3.34. The van der Waals surface area contributed by atoms with Gasteiger partial charge >= 0.3 is 0 Å². The van der Waals surface area contributed by atoms with E-state index in [1.807, 2.05) is 0 Å². The van der Waals surface area contributed by atoms with Crippen LogP contribution in [0, 0.1) is 5.92 Å². The molecule has 0 nitrogen and oxygen atoms in total. The molecule has 0 heterocycles. The van der Waals surface area contributed by atoms with Gasteiger partial charge < -0.3 is 0 Å². The summed E-state index contributed by atoms with van der Waals surface area (Å²) in [6.07, 6.45) is 12.6. The van der Waals surface area contributed by atoms with Crippen molar-refractivity contribution in [1.82, 2.24) is 0 Å². The Kier molecular flexibility index (Phi) is 11.6. The Morgan fingerprint density at radius 1 is 0.857 bits per heavy atom. The zero-order chi connectivity index (χ0) is 10.6. The molecule has 1 atom stereocenters. The topological polar surface area (TPSA) is 0 Å². The van der Waals surface area contributed by atoms with Crippen LogP contribution < -0.4 is 0 Å². The summed E-state index contributed by atoms with van der Waals surface area (Å²) in [4.78, 5) is 0. The first kappa shape index (κ1) is 14.3. The Balaban J connectivity index is 2.92. The Morgan fingerprint density at radius 2 is 1.36 bits per heavy atom. The molecule has 0 rings (SSSR count). The largest absolute Gasteiger partial charge is 0.126 e. The highest BCUT2D eigenvalue weighted by Gasteiger charge is 1.98. The Labute approximate surface area is 95.4 Å². The lowest BCUT2D eigenvalue weighted by Gasteiger charge is -2.06. The molecule has 0 spiro atoms. The maximum Gasteiger partial charge on any atom is 0.0249 e. The van der Waals surface area contributed by atoms with Gasteiger partial charge in [-0.05, 0) is 12.3 Å². The zero-order valence-electron chi connectivity index (χ0n) is 10.0. The lowest BCUT2D eigenvalue weighted by atomic mass is 10.0. The van der Waals surface area contributed by atoms with Gasteiger partial charge in [0, 0.05) is 5.88 Å². The molecule has 0 radical (unpaired) electrons. The Bertz CT molecular complexity index is 101. The number of alkyl halides is 1. The normalized spacial score (nSPS) is 13.1. The summed E-state index contributed by atoms with van der Waals surface area (Å²) in [6, 6.07) is 0.